The van der Waals surface area contributed by atoms with Gasteiger partial charge in [-0.25, -0.2) is 0 Å². The average Bonchev–Trinajstić information content (AvgIpc) is 3.14. The molecule has 7 unspecified atom stereocenters. The molecule has 1 rings (SSSR count). The molecule has 1 saturated heterocycles. The van der Waals surface area contributed by atoms with Gasteiger partial charge in [-0.15, -0.1) is 0 Å². The number of rotatable bonds is 33. The van der Waals surface area contributed by atoms with Crippen LogP contribution in [0.5, 0.6) is 0 Å². The van der Waals surface area contributed by atoms with Gasteiger partial charge in [-0.3, -0.25) is 4.79 Å². The van der Waals surface area contributed by atoms with E-state index in [-0.39, 0.29) is 12.5 Å². The van der Waals surface area contributed by atoms with Gasteiger partial charge in [-0.2, -0.15) is 0 Å². The van der Waals surface area contributed by atoms with Crippen LogP contribution in [0.2, 0.25) is 0 Å². The Labute approximate surface area is 316 Å². The van der Waals surface area contributed by atoms with Crippen LogP contribution in [-0.2, 0) is 14.3 Å². The van der Waals surface area contributed by atoms with Gasteiger partial charge in [0, 0.05) is 6.42 Å². The molecule has 302 valence electrons. The lowest BCUT2D eigenvalue weighted by Crippen LogP contribution is -2.60. The Morgan fingerprint density at radius 2 is 1.15 bits per heavy atom. The Morgan fingerprint density at radius 1 is 0.654 bits per heavy atom. The number of allylic oxidation sites excluding steroid dienone is 7. The molecule has 9 nitrogen and oxygen atoms in total. The summed E-state index contributed by atoms with van der Waals surface area (Å²) in [5, 5.41) is 54.0. The number of carbonyl (C=O) groups excluding carboxylic acids is 1. The summed E-state index contributed by atoms with van der Waals surface area (Å²) in [4.78, 5) is 12.9. The van der Waals surface area contributed by atoms with Crippen molar-refractivity contribution in [2.75, 3.05) is 13.2 Å². The van der Waals surface area contributed by atoms with Crippen LogP contribution in [0.1, 0.15) is 162 Å². The highest BCUT2D eigenvalue weighted by molar-refractivity contribution is 5.76. The molecule has 7 atom stereocenters. The maximum absolute atomic E-state index is 12.9. The van der Waals surface area contributed by atoms with Crippen molar-refractivity contribution >= 4 is 5.91 Å². The fourth-order valence-electron chi connectivity index (χ4n) is 6.20. The normalized spacial score (nSPS) is 22.3. The second kappa shape index (κ2) is 33.7. The zero-order valence-corrected chi connectivity index (χ0v) is 32.8. The molecule has 0 spiro atoms. The van der Waals surface area contributed by atoms with Crippen LogP contribution in [0, 0.1) is 0 Å². The lowest BCUT2D eigenvalue weighted by molar-refractivity contribution is -0.302. The molecule has 0 aliphatic carbocycles. The Kier molecular flexibility index (Phi) is 31.2. The van der Waals surface area contributed by atoms with Crippen molar-refractivity contribution < 1.29 is 39.8 Å². The third kappa shape index (κ3) is 24.5. The first-order valence-electron chi connectivity index (χ1n) is 20.9. The molecule has 1 aliphatic heterocycles. The minimum atomic E-state index is -1.57. The molecule has 0 radical (unpaired) electrons. The van der Waals surface area contributed by atoms with E-state index >= 15 is 0 Å². The predicted octanol–water partition coefficient (Wildman–Crippen LogP) is 7.89. The molecule has 0 bridgehead atoms. The quantitative estimate of drug-likeness (QED) is 0.0295. The largest absolute Gasteiger partial charge is 0.394 e. The van der Waals surface area contributed by atoms with E-state index in [2.05, 4.69) is 55.6 Å². The number of aliphatic hydroxyl groups excluding tert-OH is 5. The van der Waals surface area contributed by atoms with Gasteiger partial charge >= 0.3 is 0 Å². The first-order valence-corrected chi connectivity index (χ1v) is 20.9. The van der Waals surface area contributed by atoms with E-state index in [4.69, 9.17) is 9.47 Å². The van der Waals surface area contributed by atoms with Gasteiger partial charge in [-0.1, -0.05) is 140 Å². The highest BCUT2D eigenvalue weighted by atomic mass is 16.7. The van der Waals surface area contributed by atoms with Crippen LogP contribution >= 0.6 is 0 Å². The number of hydrogen-bond donors (Lipinski definition) is 6. The van der Waals surface area contributed by atoms with Crippen molar-refractivity contribution in [3.8, 4) is 0 Å². The lowest BCUT2D eigenvalue weighted by Gasteiger charge is -2.40. The first kappa shape index (κ1) is 48.2. The predicted molar refractivity (Wildman–Crippen MR) is 212 cm³/mol. The summed E-state index contributed by atoms with van der Waals surface area (Å²) in [6.45, 7) is 3.68. The number of aliphatic hydroxyl groups is 5. The van der Waals surface area contributed by atoms with Crippen molar-refractivity contribution in [2.45, 2.75) is 204 Å². The minimum absolute atomic E-state index is 0.199. The van der Waals surface area contributed by atoms with Gasteiger partial charge in [0.25, 0.3) is 0 Å². The average molecular weight is 736 g/mol. The molecule has 1 heterocycles. The van der Waals surface area contributed by atoms with E-state index in [1.54, 1.807) is 6.08 Å². The second-order valence-corrected chi connectivity index (χ2v) is 14.4. The van der Waals surface area contributed by atoms with Crippen LogP contribution < -0.4 is 5.32 Å². The monoisotopic (exact) mass is 736 g/mol. The molecule has 1 fully saturated rings. The highest BCUT2D eigenvalue weighted by Crippen LogP contribution is 2.22. The van der Waals surface area contributed by atoms with Gasteiger partial charge in [0.1, 0.15) is 24.4 Å². The van der Waals surface area contributed by atoms with Crippen LogP contribution in [0.25, 0.3) is 0 Å². The molecule has 0 aromatic heterocycles. The maximum atomic E-state index is 12.9. The third-order valence-corrected chi connectivity index (χ3v) is 9.63. The molecular formula is C43H77NO8. The van der Waals surface area contributed by atoms with E-state index in [0.29, 0.717) is 6.42 Å². The molecule has 1 aliphatic rings. The van der Waals surface area contributed by atoms with E-state index in [9.17, 15) is 30.3 Å². The van der Waals surface area contributed by atoms with E-state index in [1.807, 2.05) is 6.08 Å². The molecular weight excluding hydrogens is 658 g/mol. The van der Waals surface area contributed by atoms with Crippen molar-refractivity contribution in [1.29, 1.82) is 0 Å². The maximum Gasteiger partial charge on any atom is 0.220 e. The SMILES string of the molecule is CCCCC/C=C\C/C=C\CCCCCCCCCC(=O)NC(COC1OC(CO)C(O)C(O)C1O)C(O)/C=C/CC/C=C/CCCCCCCC. The number of amides is 1. The molecule has 52 heavy (non-hydrogen) atoms. The summed E-state index contributed by atoms with van der Waals surface area (Å²) < 4.78 is 11.2. The first-order chi connectivity index (χ1) is 25.3. The lowest BCUT2D eigenvalue weighted by atomic mass is 9.99. The number of nitrogens with one attached hydrogen (secondary N) is 1. The van der Waals surface area contributed by atoms with Crippen molar-refractivity contribution in [1.82, 2.24) is 5.32 Å². The topological polar surface area (TPSA) is 149 Å². The van der Waals surface area contributed by atoms with Crippen LogP contribution in [0.15, 0.2) is 48.6 Å². The number of carbonyl (C=O) groups is 1. The molecule has 1 amide bonds. The van der Waals surface area contributed by atoms with E-state index in [0.717, 1.165) is 57.8 Å². The summed E-state index contributed by atoms with van der Waals surface area (Å²) >= 11 is 0. The van der Waals surface area contributed by atoms with Crippen molar-refractivity contribution in [3.63, 3.8) is 0 Å². The van der Waals surface area contributed by atoms with Gasteiger partial charge in [0.2, 0.25) is 5.91 Å². The molecule has 0 saturated carbocycles. The van der Waals surface area contributed by atoms with Crippen LogP contribution in [-0.4, -0.2) is 87.5 Å². The van der Waals surface area contributed by atoms with Crippen LogP contribution in [0.4, 0.5) is 0 Å². The number of unbranched alkanes of at least 4 members (excludes halogenated alkanes) is 17. The Bertz CT molecular complexity index is 951. The summed E-state index contributed by atoms with van der Waals surface area (Å²) in [6, 6.07) is -0.824. The fourth-order valence-corrected chi connectivity index (χ4v) is 6.20. The van der Waals surface area contributed by atoms with Crippen molar-refractivity contribution in [3.05, 3.63) is 48.6 Å². The van der Waals surface area contributed by atoms with E-state index < -0.39 is 49.5 Å². The fraction of sp³-hybridized carbons (Fsp3) is 0.791. The summed E-state index contributed by atoms with van der Waals surface area (Å²) in [7, 11) is 0. The smallest absolute Gasteiger partial charge is 0.220 e. The zero-order chi connectivity index (χ0) is 38.1. The minimum Gasteiger partial charge on any atom is -0.394 e. The van der Waals surface area contributed by atoms with Gasteiger partial charge in [0.15, 0.2) is 6.29 Å². The molecule has 0 aromatic rings. The highest BCUT2D eigenvalue weighted by Gasteiger charge is 2.44. The summed E-state index contributed by atoms with van der Waals surface area (Å²) in [5.41, 5.74) is 0. The summed E-state index contributed by atoms with van der Waals surface area (Å²) in [5.74, 6) is -0.199. The number of ether oxygens (including phenoxy) is 2. The standard InChI is InChI=1S/C43H77NO8/c1-3-5-7-9-11-13-15-17-18-19-20-21-23-25-27-29-31-33-39(47)44-36(35-51-43-42(50)41(49)40(48)38(34-45)52-43)37(46)32-30-28-26-24-22-16-14-12-10-8-6-4-2/h11,13,17-18,22,24,30,32,36-38,40-43,45-46,48-50H,3-10,12,14-16,19-21,23,25-29,31,33-35H2,1-2H3,(H,44,47)/b13-11-,18-17-,24-22+,32-30+. The van der Waals surface area contributed by atoms with Gasteiger partial charge in [-0.05, 0) is 64.2 Å². The Hall–Kier alpha value is -1.85. The van der Waals surface area contributed by atoms with E-state index in [1.165, 1.54) is 83.5 Å². The Morgan fingerprint density at radius 3 is 1.77 bits per heavy atom. The number of hydrogen-bond acceptors (Lipinski definition) is 8. The third-order valence-electron chi connectivity index (χ3n) is 9.63. The molecule has 0 aromatic carbocycles. The zero-order valence-electron chi connectivity index (χ0n) is 32.8. The molecule has 9 heteroatoms. The van der Waals surface area contributed by atoms with Gasteiger partial charge < -0.3 is 40.3 Å². The molecule has 6 N–H and O–H groups in total. The Balaban J connectivity index is 2.43. The second-order valence-electron chi connectivity index (χ2n) is 14.4. The van der Waals surface area contributed by atoms with Crippen molar-refractivity contribution in [2.24, 2.45) is 0 Å². The summed E-state index contributed by atoms with van der Waals surface area (Å²) in [6.07, 6.45) is 34.3. The van der Waals surface area contributed by atoms with Gasteiger partial charge in [0.05, 0.1) is 25.4 Å². The van der Waals surface area contributed by atoms with Crippen LogP contribution in [0.3, 0.4) is 0 Å².